The van der Waals surface area contributed by atoms with Gasteiger partial charge in [-0.2, -0.15) is 0 Å². The van der Waals surface area contributed by atoms with Crippen LogP contribution in [0.5, 0.6) is 0 Å². The maximum Gasteiger partial charge on any atom is 0.234 e. The molecule has 1 heterocycles. The molecule has 2 aromatic carbocycles. The third kappa shape index (κ3) is 7.30. The van der Waals surface area contributed by atoms with Crippen molar-refractivity contribution in [1.29, 1.82) is 0 Å². The van der Waals surface area contributed by atoms with Gasteiger partial charge in [0.05, 0.1) is 6.54 Å². The number of amides is 1. The van der Waals surface area contributed by atoms with E-state index in [-0.39, 0.29) is 5.91 Å². The molecule has 1 aliphatic rings. The molecule has 4 heteroatoms. The van der Waals surface area contributed by atoms with E-state index in [0.717, 1.165) is 45.6 Å². The number of carbonyl (C=O) groups is 1. The average Bonchev–Trinajstić information content (AvgIpc) is 2.74. The summed E-state index contributed by atoms with van der Waals surface area (Å²) in [6, 6.07) is 19.4. The summed E-state index contributed by atoms with van der Waals surface area (Å²) in [6.45, 7) is 10.8. The molecule has 0 spiro atoms. The maximum atomic E-state index is 12.3. The zero-order chi connectivity index (χ0) is 20.5. The minimum Gasteiger partial charge on any atom is -0.355 e. The van der Waals surface area contributed by atoms with Gasteiger partial charge in [0.25, 0.3) is 0 Å². The van der Waals surface area contributed by atoms with Gasteiger partial charge in [-0.1, -0.05) is 68.4 Å². The Balaban J connectivity index is 1.29. The highest BCUT2D eigenvalue weighted by molar-refractivity contribution is 5.78. The Morgan fingerprint density at radius 2 is 1.48 bits per heavy atom. The van der Waals surface area contributed by atoms with Gasteiger partial charge in [-0.15, -0.1) is 0 Å². The van der Waals surface area contributed by atoms with Crippen molar-refractivity contribution in [1.82, 2.24) is 15.1 Å². The Bertz CT molecular complexity index is 734. The third-order valence-corrected chi connectivity index (χ3v) is 5.77. The van der Waals surface area contributed by atoms with Gasteiger partial charge in [0, 0.05) is 39.3 Å². The lowest BCUT2D eigenvalue weighted by Crippen LogP contribution is -2.49. The molecular formula is C25H35N3O. The number of benzene rings is 2. The lowest BCUT2D eigenvalue weighted by molar-refractivity contribution is -0.122. The van der Waals surface area contributed by atoms with E-state index in [1.165, 1.54) is 16.7 Å². The zero-order valence-corrected chi connectivity index (χ0v) is 17.9. The van der Waals surface area contributed by atoms with Crippen molar-refractivity contribution in [3.63, 3.8) is 0 Å². The summed E-state index contributed by atoms with van der Waals surface area (Å²) in [5.74, 6) is 0.698. The molecule has 29 heavy (non-hydrogen) atoms. The number of nitrogens with one attached hydrogen (secondary N) is 1. The van der Waals surface area contributed by atoms with Crippen LogP contribution in [0.15, 0.2) is 54.6 Å². The SMILES string of the molecule is CC(C)c1ccc(CCNC(=O)CN2CCN(CCc3ccccc3)CC2)cc1. The van der Waals surface area contributed by atoms with Crippen LogP contribution in [0.3, 0.4) is 0 Å². The minimum atomic E-state index is 0.140. The van der Waals surface area contributed by atoms with Gasteiger partial charge in [-0.25, -0.2) is 0 Å². The molecule has 1 fully saturated rings. The molecule has 0 aromatic heterocycles. The van der Waals surface area contributed by atoms with Crippen LogP contribution in [-0.2, 0) is 17.6 Å². The largest absolute Gasteiger partial charge is 0.355 e. The van der Waals surface area contributed by atoms with E-state index in [1.54, 1.807) is 0 Å². The summed E-state index contributed by atoms with van der Waals surface area (Å²) in [7, 11) is 0. The van der Waals surface area contributed by atoms with Gasteiger partial charge in [-0.3, -0.25) is 9.69 Å². The molecule has 156 valence electrons. The Hall–Kier alpha value is -2.17. The Kier molecular flexibility index (Phi) is 8.26. The summed E-state index contributed by atoms with van der Waals surface area (Å²) in [5, 5.41) is 3.08. The van der Waals surface area contributed by atoms with E-state index >= 15 is 0 Å². The molecule has 4 nitrogen and oxygen atoms in total. The highest BCUT2D eigenvalue weighted by atomic mass is 16.2. The quantitative estimate of drug-likeness (QED) is 0.710. The smallest absolute Gasteiger partial charge is 0.234 e. The van der Waals surface area contributed by atoms with Crippen LogP contribution >= 0.6 is 0 Å². The van der Waals surface area contributed by atoms with Crippen LogP contribution in [0.2, 0.25) is 0 Å². The van der Waals surface area contributed by atoms with Gasteiger partial charge in [0.2, 0.25) is 5.91 Å². The fourth-order valence-electron chi connectivity index (χ4n) is 3.78. The summed E-state index contributed by atoms with van der Waals surface area (Å²) < 4.78 is 0. The van der Waals surface area contributed by atoms with E-state index in [4.69, 9.17) is 0 Å². The van der Waals surface area contributed by atoms with Crippen LogP contribution in [0, 0.1) is 0 Å². The first-order valence-electron chi connectivity index (χ1n) is 10.9. The highest BCUT2D eigenvalue weighted by Crippen LogP contribution is 2.14. The molecule has 1 saturated heterocycles. The second kappa shape index (κ2) is 11.1. The van der Waals surface area contributed by atoms with Crippen LogP contribution in [0.25, 0.3) is 0 Å². The van der Waals surface area contributed by atoms with Crippen molar-refractivity contribution >= 4 is 5.91 Å². The molecule has 0 radical (unpaired) electrons. The van der Waals surface area contributed by atoms with Gasteiger partial charge in [-0.05, 0) is 35.4 Å². The third-order valence-electron chi connectivity index (χ3n) is 5.77. The Morgan fingerprint density at radius 1 is 0.862 bits per heavy atom. The number of rotatable bonds is 9. The van der Waals surface area contributed by atoms with Crippen molar-refractivity contribution in [3.8, 4) is 0 Å². The van der Waals surface area contributed by atoms with Gasteiger partial charge >= 0.3 is 0 Å². The first-order chi connectivity index (χ1) is 14.1. The second-order valence-corrected chi connectivity index (χ2v) is 8.35. The molecule has 2 aromatic rings. The van der Waals surface area contributed by atoms with E-state index in [9.17, 15) is 4.79 Å². The number of hydrogen-bond donors (Lipinski definition) is 1. The molecular weight excluding hydrogens is 358 g/mol. The lowest BCUT2D eigenvalue weighted by Gasteiger charge is -2.34. The molecule has 0 unspecified atom stereocenters. The van der Waals surface area contributed by atoms with E-state index < -0.39 is 0 Å². The topological polar surface area (TPSA) is 35.6 Å². The van der Waals surface area contributed by atoms with Gasteiger partial charge < -0.3 is 10.2 Å². The zero-order valence-electron chi connectivity index (χ0n) is 17.9. The van der Waals surface area contributed by atoms with Crippen LogP contribution in [0.4, 0.5) is 0 Å². The van der Waals surface area contributed by atoms with Crippen LogP contribution in [-0.4, -0.2) is 61.5 Å². The van der Waals surface area contributed by atoms with Gasteiger partial charge in [0.1, 0.15) is 0 Å². The normalized spacial score (nSPS) is 15.6. The van der Waals surface area contributed by atoms with Crippen molar-refractivity contribution in [2.45, 2.75) is 32.6 Å². The average molecular weight is 394 g/mol. The van der Waals surface area contributed by atoms with Gasteiger partial charge in [0.15, 0.2) is 0 Å². The predicted octanol–water partition coefficient (Wildman–Crippen LogP) is 3.33. The summed E-state index contributed by atoms with van der Waals surface area (Å²) in [6.07, 6.45) is 1.98. The van der Waals surface area contributed by atoms with Crippen LogP contribution < -0.4 is 5.32 Å². The maximum absolute atomic E-state index is 12.3. The predicted molar refractivity (Wildman–Crippen MR) is 120 cm³/mol. The van der Waals surface area contributed by atoms with E-state index in [0.29, 0.717) is 19.0 Å². The Morgan fingerprint density at radius 3 is 2.14 bits per heavy atom. The van der Waals surface area contributed by atoms with Crippen molar-refractivity contribution in [2.75, 3.05) is 45.8 Å². The fourth-order valence-corrected chi connectivity index (χ4v) is 3.78. The van der Waals surface area contributed by atoms with E-state index in [2.05, 4.69) is 83.6 Å². The lowest BCUT2D eigenvalue weighted by atomic mass is 10.0. The van der Waals surface area contributed by atoms with Crippen molar-refractivity contribution in [2.24, 2.45) is 0 Å². The molecule has 1 amide bonds. The minimum absolute atomic E-state index is 0.140. The van der Waals surface area contributed by atoms with Crippen molar-refractivity contribution < 1.29 is 4.79 Å². The fraction of sp³-hybridized carbons (Fsp3) is 0.480. The first-order valence-corrected chi connectivity index (χ1v) is 10.9. The summed E-state index contributed by atoms with van der Waals surface area (Å²) in [5.41, 5.74) is 4.04. The molecule has 0 bridgehead atoms. The monoisotopic (exact) mass is 393 g/mol. The number of carbonyl (C=O) groups excluding carboxylic acids is 1. The molecule has 0 saturated carbocycles. The standard InChI is InChI=1S/C25H35N3O/c1-21(2)24-10-8-23(9-11-24)12-14-26-25(29)20-28-18-16-27(17-19-28)15-13-22-6-4-3-5-7-22/h3-11,21H,12-20H2,1-2H3,(H,26,29). The molecule has 1 aliphatic heterocycles. The number of nitrogens with zero attached hydrogens (tertiary/aromatic N) is 2. The molecule has 1 N–H and O–H groups in total. The summed E-state index contributed by atoms with van der Waals surface area (Å²) >= 11 is 0. The number of hydrogen-bond acceptors (Lipinski definition) is 3. The molecule has 3 rings (SSSR count). The van der Waals surface area contributed by atoms with Crippen molar-refractivity contribution in [3.05, 3.63) is 71.3 Å². The molecule has 0 aliphatic carbocycles. The first kappa shape index (κ1) is 21.5. The summed E-state index contributed by atoms with van der Waals surface area (Å²) in [4.78, 5) is 17.0. The number of piperazine rings is 1. The highest BCUT2D eigenvalue weighted by Gasteiger charge is 2.18. The second-order valence-electron chi connectivity index (χ2n) is 8.35. The Labute approximate surface area is 175 Å². The molecule has 0 atom stereocenters. The van der Waals surface area contributed by atoms with Crippen LogP contribution in [0.1, 0.15) is 36.5 Å². The van der Waals surface area contributed by atoms with E-state index in [1.807, 2.05) is 0 Å².